The SMILES string of the molecule is O=C(O)CC(O)(CC(=O)O)C(=O)O.c1ncc(OC[C@@H]2CCN2)cn1. The second-order valence-corrected chi connectivity index (χ2v) is 5.30. The highest BCUT2D eigenvalue weighted by atomic mass is 16.5. The number of carboxylic acids is 3. The van der Waals surface area contributed by atoms with E-state index in [-0.39, 0.29) is 0 Å². The summed E-state index contributed by atoms with van der Waals surface area (Å²) in [6, 6.07) is 0.519. The number of nitrogens with one attached hydrogen (secondary N) is 1. The number of rotatable bonds is 8. The van der Waals surface area contributed by atoms with Gasteiger partial charge in [-0.25, -0.2) is 14.8 Å². The molecule has 1 aliphatic rings. The first-order valence-electron chi connectivity index (χ1n) is 7.23. The Morgan fingerprint density at radius 1 is 1.16 bits per heavy atom. The molecule has 1 saturated heterocycles. The number of nitrogens with zero attached hydrogens (tertiary/aromatic N) is 2. The van der Waals surface area contributed by atoms with Gasteiger partial charge >= 0.3 is 17.9 Å². The van der Waals surface area contributed by atoms with Crippen LogP contribution in [0.4, 0.5) is 0 Å². The van der Waals surface area contributed by atoms with Gasteiger partial charge in [-0.05, 0) is 13.0 Å². The molecule has 2 heterocycles. The largest absolute Gasteiger partial charge is 0.489 e. The molecule has 0 unspecified atom stereocenters. The van der Waals surface area contributed by atoms with Crippen LogP contribution in [0, 0.1) is 0 Å². The van der Waals surface area contributed by atoms with Crippen molar-refractivity contribution < 1.29 is 39.5 Å². The summed E-state index contributed by atoms with van der Waals surface area (Å²) in [5.74, 6) is -4.28. The van der Waals surface area contributed by atoms with E-state index in [4.69, 9.17) is 25.2 Å². The molecule has 11 nitrogen and oxygen atoms in total. The second-order valence-electron chi connectivity index (χ2n) is 5.30. The van der Waals surface area contributed by atoms with E-state index in [0.29, 0.717) is 12.6 Å². The van der Waals surface area contributed by atoms with Crippen molar-refractivity contribution in [3.05, 3.63) is 18.7 Å². The molecule has 0 amide bonds. The predicted molar refractivity (Wildman–Crippen MR) is 81.0 cm³/mol. The quantitative estimate of drug-likeness (QED) is 0.384. The summed E-state index contributed by atoms with van der Waals surface area (Å²) in [5.41, 5.74) is -2.74. The molecule has 2 rings (SSSR count). The summed E-state index contributed by atoms with van der Waals surface area (Å²) >= 11 is 0. The summed E-state index contributed by atoms with van der Waals surface area (Å²) in [5, 5.41) is 37.1. The van der Waals surface area contributed by atoms with Gasteiger partial charge in [-0.1, -0.05) is 0 Å². The minimum absolute atomic E-state index is 0.519. The second kappa shape index (κ2) is 9.49. The molecule has 1 aliphatic heterocycles. The standard InChI is InChI=1S/C8H11N3O.C6H8O7/c1-2-11-7(1)5-12-8-3-9-6-10-4-8;7-3(8)1-6(13,5(11)12)2-4(9)10/h3-4,6-7,11H,1-2,5H2;13H,1-2H2,(H,7,8)(H,9,10)(H,11,12)/t7-;/m0./s1. The lowest BCUT2D eigenvalue weighted by atomic mass is 9.96. The van der Waals surface area contributed by atoms with Crippen LogP contribution in [0.15, 0.2) is 18.7 Å². The van der Waals surface area contributed by atoms with Crippen LogP contribution in [0.3, 0.4) is 0 Å². The van der Waals surface area contributed by atoms with Crippen LogP contribution in [-0.4, -0.2) is 73.1 Å². The zero-order chi connectivity index (χ0) is 18.9. The van der Waals surface area contributed by atoms with E-state index in [0.717, 1.165) is 12.3 Å². The maximum absolute atomic E-state index is 10.3. The van der Waals surface area contributed by atoms with E-state index >= 15 is 0 Å². The van der Waals surface area contributed by atoms with Crippen molar-refractivity contribution in [3.63, 3.8) is 0 Å². The number of hydrogen-bond donors (Lipinski definition) is 5. The fourth-order valence-corrected chi connectivity index (χ4v) is 1.76. The molecule has 0 bridgehead atoms. The van der Waals surface area contributed by atoms with Gasteiger partial charge in [0, 0.05) is 6.04 Å². The number of carboxylic acid groups (broad SMARTS) is 3. The predicted octanol–water partition coefficient (Wildman–Crippen LogP) is -1.03. The molecular formula is C14H19N3O8. The molecule has 0 aromatic carbocycles. The minimum atomic E-state index is -2.74. The van der Waals surface area contributed by atoms with Gasteiger partial charge in [0.15, 0.2) is 11.4 Å². The average Bonchev–Trinajstić information content (AvgIpc) is 2.45. The van der Waals surface area contributed by atoms with E-state index in [1.165, 1.54) is 12.7 Å². The summed E-state index contributed by atoms with van der Waals surface area (Å²) in [4.78, 5) is 38.2. The van der Waals surface area contributed by atoms with Gasteiger partial charge in [0.1, 0.15) is 12.9 Å². The first kappa shape index (κ1) is 20.3. The first-order chi connectivity index (χ1) is 11.7. The van der Waals surface area contributed by atoms with Gasteiger partial charge in [0.05, 0.1) is 25.2 Å². The molecular weight excluding hydrogens is 338 g/mol. The van der Waals surface area contributed by atoms with Crippen molar-refractivity contribution >= 4 is 17.9 Å². The lowest BCUT2D eigenvalue weighted by molar-refractivity contribution is -0.170. The van der Waals surface area contributed by atoms with E-state index in [1.807, 2.05) is 0 Å². The Labute approximate surface area is 142 Å². The zero-order valence-corrected chi connectivity index (χ0v) is 13.2. The van der Waals surface area contributed by atoms with Gasteiger partial charge in [-0.15, -0.1) is 0 Å². The molecule has 11 heteroatoms. The van der Waals surface area contributed by atoms with Gasteiger partial charge in [-0.3, -0.25) is 9.59 Å². The number of aliphatic hydroxyl groups is 1. The highest BCUT2D eigenvalue weighted by Crippen LogP contribution is 2.15. The molecule has 138 valence electrons. The fourth-order valence-electron chi connectivity index (χ4n) is 1.76. The van der Waals surface area contributed by atoms with Crippen LogP contribution in [0.2, 0.25) is 0 Å². The smallest absolute Gasteiger partial charge is 0.336 e. The van der Waals surface area contributed by atoms with Gasteiger partial charge in [0.2, 0.25) is 0 Å². The maximum Gasteiger partial charge on any atom is 0.336 e. The van der Waals surface area contributed by atoms with Crippen LogP contribution >= 0.6 is 0 Å². The van der Waals surface area contributed by atoms with E-state index < -0.39 is 36.4 Å². The van der Waals surface area contributed by atoms with Crippen LogP contribution in [0.5, 0.6) is 5.75 Å². The molecule has 0 saturated carbocycles. The molecule has 0 radical (unpaired) electrons. The van der Waals surface area contributed by atoms with Gasteiger partial charge < -0.3 is 30.5 Å². The average molecular weight is 357 g/mol. The van der Waals surface area contributed by atoms with Crippen molar-refractivity contribution in [2.45, 2.75) is 30.9 Å². The Morgan fingerprint density at radius 2 is 1.68 bits per heavy atom. The molecule has 5 N–H and O–H groups in total. The lowest BCUT2D eigenvalue weighted by Crippen LogP contribution is -2.46. The fraction of sp³-hybridized carbons (Fsp3) is 0.500. The highest BCUT2D eigenvalue weighted by molar-refractivity contribution is 5.88. The third kappa shape index (κ3) is 7.54. The number of carbonyl (C=O) groups is 3. The molecule has 1 aromatic heterocycles. The molecule has 1 fully saturated rings. The van der Waals surface area contributed by atoms with Crippen molar-refractivity contribution in [3.8, 4) is 5.75 Å². The highest BCUT2D eigenvalue weighted by Gasteiger charge is 2.40. The number of aromatic nitrogens is 2. The third-order valence-corrected chi connectivity index (χ3v) is 3.20. The number of aliphatic carboxylic acids is 3. The molecule has 1 aromatic rings. The third-order valence-electron chi connectivity index (χ3n) is 3.20. The van der Waals surface area contributed by atoms with Crippen LogP contribution in [0.1, 0.15) is 19.3 Å². The molecule has 0 spiro atoms. The van der Waals surface area contributed by atoms with E-state index in [9.17, 15) is 14.4 Å². The van der Waals surface area contributed by atoms with Crippen LogP contribution in [-0.2, 0) is 14.4 Å². The van der Waals surface area contributed by atoms with Crippen molar-refractivity contribution in [2.75, 3.05) is 13.2 Å². The van der Waals surface area contributed by atoms with Crippen LogP contribution in [0.25, 0.3) is 0 Å². The van der Waals surface area contributed by atoms with Crippen LogP contribution < -0.4 is 10.1 Å². The minimum Gasteiger partial charge on any atom is -0.489 e. The van der Waals surface area contributed by atoms with Crippen molar-refractivity contribution in [2.24, 2.45) is 0 Å². The molecule has 25 heavy (non-hydrogen) atoms. The van der Waals surface area contributed by atoms with E-state index in [1.54, 1.807) is 12.4 Å². The van der Waals surface area contributed by atoms with Gasteiger partial charge in [-0.2, -0.15) is 0 Å². The van der Waals surface area contributed by atoms with Gasteiger partial charge in [0.25, 0.3) is 0 Å². The van der Waals surface area contributed by atoms with Crippen molar-refractivity contribution in [1.82, 2.24) is 15.3 Å². The first-order valence-corrected chi connectivity index (χ1v) is 7.23. The summed E-state index contributed by atoms with van der Waals surface area (Å²) in [7, 11) is 0. The topological polar surface area (TPSA) is 179 Å². The zero-order valence-electron chi connectivity index (χ0n) is 13.2. The lowest BCUT2D eigenvalue weighted by Gasteiger charge is -2.27. The van der Waals surface area contributed by atoms with E-state index in [2.05, 4.69) is 15.3 Å². The Kier molecular flexibility index (Phi) is 7.69. The number of hydrogen-bond acceptors (Lipinski definition) is 8. The Hall–Kier alpha value is -2.79. The van der Waals surface area contributed by atoms with Crippen molar-refractivity contribution in [1.29, 1.82) is 0 Å². The molecule has 0 aliphatic carbocycles. The Bertz CT molecular complexity index is 575. The molecule has 1 atom stereocenters. The summed E-state index contributed by atoms with van der Waals surface area (Å²) in [6.07, 6.45) is 3.75. The monoisotopic (exact) mass is 357 g/mol. The number of ether oxygens (including phenoxy) is 1. The summed E-state index contributed by atoms with van der Waals surface area (Å²) in [6.45, 7) is 1.83. The Balaban J connectivity index is 0.000000250. The summed E-state index contributed by atoms with van der Waals surface area (Å²) < 4.78 is 5.42. The Morgan fingerprint density at radius 3 is 2.04 bits per heavy atom. The normalized spacial score (nSPS) is 16.0. The maximum atomic E-state index is 10.3.